The molecule has 2 aromatic heterocycles. The van der Waals surface area contributed by atoms with Crippen molar-refractivity contribution in [2.75, 3.05) is 0 Å². The Kier molecular flexibility index (Phi) is 3.09. The van der Waals surface area contributed by atoms with Gasteiger partial charge in [0.1, 0.15) is 0 Å². The molecule has 0 fully saturated rings. The Labute approximate surface area is 97.0 Å². The zero-order valence-corrected chi connectivity index (χ0v) is 10.1. The fourth-order valence-corrected chi connectivity index (χ4v) is 2.02. The fraction of sp³-hybridized carbons (Fsp3) is 0.357. The minimum absolute atomic E-state index is 0.588. The van der Waals surface area contributed by atoms with Crippen LogP contribution in [0.5, 0.6) is 0 Å². The number of nitrogens with zero attached hydrogens (tertiary/aromatic N) is 2. The van der Waals surface area contributed by atoms with Gasteiger partial charge in [-0.05, 0) is 36.1 Å². The van der Waals surface area contributed by atoms with Crippen molar-refractivity contribution in [1.29, 1.82) is 0 Å². The number of aryl methyl sites for hydroxylation is 1. The summed E-state index contributed by atoms with van der Waals surface area (Å²) in [5.74, 6) is 0.588. The van der Waals surface area contributed by atoms with Crippen LogP contribution >= 0.6 is 0 Å². The number of pyridine rings is 1. The SMILES string of the molecule is Cc1cn(Cc2ccccn2)cc1C(C)C. The van der Waals surface area contributed by atoms with Crippen molar-refractivity contribution in [3.05, 3.63) is 53.6 Å². The molecule has 0 radical (unpaired) electrons. The quantitative estimate of drug-likeness (QED) is 0.766. The zero-order valence-electron chi connectivity index (χ0n) is 10.1. The first-order chi connectivity index (χ1) is 7.66. The van der Waals surface area contributed by atoms with E-state index in [1.165, 1.54) is 11.1 Å². The lowest BCUT2D eigenvalue weighted by molar-refractivity contribution is 0.769. The monoisotopic (exact) mass is 214 g/mol. The van der Waals surface area contributed by atoms with Crippen LogP contribution < -0.4 is 0 Å². The van der Waals surface area contributed by atoms with Gasteiger partial charge in [0, 0.05) is 18.6 Å². The molecule has 0 aliphatic rings. The van der Waals surface area contributed by atoms with Crippen molar-refractivity contribution in [2.45, 2.75) is 33.2 Å². The van der Waals surface area contributed by atoms with Gasteiger partial charge >= 0.3 is 0 Å². The van der Waals surface area contributed by atoms with Gasteiger partial charge in [-0.15, -0.1) is 0 Å². The normalized spacial score (nSPS) is 11.0. The minimum Gasteiger partial charge on any atom is -0.348 e. The number of hydrogen-bond acceptors (Lipinski definition) is 1. The Balaban J connectivity index is 2.20. The van der Waals surface area contributed by atoms with Crippen LogP contribution in [0.25, 0.3) is 0 Å². The molecule has 2 nitrogen and oxygen atoms in total. The molecular weight excluding hydrogens is 196 g/mol. The van der Waals surface area contributed by atoms with E-state index in [-0.39, 0.29) is 0 Å². The van der Waals surface area contributed by atoms with Crippen LogP contribution in [0.15, 0.2) is 36.8 Å². The van der Waals surface area contributed by atoms with Gasteiger partial charge in [0.25, 0.3) is 0 Å². The molecule has 2 heteroatoms. The lowest BCUT2D eigenvalue weighted by Crippen LogP contribution is -1.98. The largest absolute Gasteiger partial charge is 0.348 e. The molecule has 2 aromatic rings. The maximum atomic E-state index is 4.34. The minimum atomic E-state index is 0.588. The Hall–Kier alpha value is -1.57. The molecule has 0 unspecified atom stereocenters. The van der Waals surface area contributed by atoms with Gasteiger partial charge in [-0.1, -0.05) is 19.9 Å². The van der Waals surface area contributed by atoms with Crippen LogP contribution in [-0.4, -0.2) is 9.55 Å². The molecule has 0 saturated heterocycles. The summed E-state index contributed by atoms with van der Waals surface area (Å²) in [6.45, 7) is 7.49. The number of aromatic nitrogens is 2. The van der Waals surface area contributed by atoms with E-state index in [9.17, 15) is 0 Å². The van der Waals surface area contributed by atoms with Gasteiger partial charge in [0.05, 0.1) is 12.2 Å². The van der Waals surface area contributed by atoms with E-state index in [0.29, 0.717) is 5.92 Å². The van der Waals surface area contributed by atoms with Gasteiger partial charge in [0.2, 0.25) is 0 Å². The van der Waals surface area contributed by atoms with E-state index in [2.05, 4.69) is 48.8 Å². The summed E-state index contributed by atoms with van der Waals surface area (Å²) < 4.78 is 2.22. The summed E-state index contributed by atoms with van der Waals surface area (Å²) in [4.78, 5) is 4.34. The highest BCUT2D eigenvalue weighted by molar-refractivity contribution is 5.26. The molecule has 84 valence electrons. The molecule has 16 heavy (non-hydrogen) atoms. The molecule has 0 spiro atoms. The second-order valence-corrected chi connectivity index (χ2v) is 4.54. The van der Waals surface area contributed by atoms with Gasteiger partial charge in [-0.25, -0.2) is 0 Å². The van der Waals surface area contributed by atoms with Crippen LogP contribution in [0, 0.1) is 6.92 Å². The average molecular weight is 214 g/mol. The molecule has 0 aliphatic carbocycles. The Bertz CT molecular complexity index is 455. The van der Waals surface area contributed by atoms with E-state index < -0.39 is 0 Å². The third kappa shape index (κ3) is 2.32. The highest BCUT2D eigenvalue weighted by atomic mass is 15.0. The summed E-state index contributed by atoms with van der Waals surface area (Å²) in [5.41, 5.74) is 3.90. The average Bonchev–Trinajstić information content (AvgIpc) is 2.61. The van der Waals surface area contributed by atoms with E-state index in [0.717, 1.165) is 12.2 Å². The molecule has 0 aliphatic heterocycles. The van der Waals surface area contributed by atoms with Gasteiger partial charge in [0.15, 0.2) is 0 Å². The van der Waals surface area contributed by atoms with Crippen molar-refractivity contribution in [3.8, 4) is 0 Å². The van der Waals surface area contributed by atoms with E-state index >= 15 is 0 Å². The van der Waals surface area contributed by atoms with E-state index in [1.807, 2.05) is 18.3 Å². The van der Waals surface area contributed by atoms with Crippen LogP contribution in [0.3, 0.4) is 0 Å². The summed E-state index contributed by atoms with van der Waals surface area (Å²) in [6, 6.07) is 6.04. The van der Waals surface area contributed by atoms with E-state index in [4.69, 9.17) is 0 Å². The first-order valence-corrected chi connectivity index (χ1v) is 5.73. The van der Waals surface area contributed by atoms with Crippen molar-refractivity contribution in [2.24, 2.45) is 0 Å². The number of hydrogen-bond donors (Lipinski definition) is 0. The predicted octanol–water partition coefficient (Wildman–Crippen LogP) is 3.36. The molecule has 2 rings (SSSR count). The van der Waals surface area contributed by atoms with Gasteiger partial charge in [-0.3, -0.25) is 4.98 Å². The van der Waals surface area contributed by atoms with Crippen molar-refractivity contribution >= 4 is 0 Å². The maximum Gasteiger partial charge on any atom is 0.0642 e. The van der Waals surface area contributed by atoms with Crippen molar-refractivity contribution in [3.63, 3.8) is 0 Å². The summed E-state index contributed by atoms with van der Waals surface area (Å²) in [5, 5.41) is 0. The number of rotatable bonds is 3. The Morgan fingerprint density at radius 3 is 2.62 bits per heavy atom. The summed E-state index contributed by atoms with van der Waals surface area (Å²) in [6.07, 6.45) is 6.27. The van der Waals surface area contributed by atoms with Crippen molar-refractivity contribution < 1.29 is 0 Å². The molecule has 2 heterocycles. The molecule has 0 saturated carbocycles. The lowest BCUT2D eigenvalue weighted by atomic mass is 10.0. The molecule has 0 bridgehead atoms. The smallest absolute Gasteiger partial charge is 0.0642 e. The first kappa shape index (κ1) is 10.9. The van der Waals surface area contributed by atoms with Crippen LogP contribution in [0.2, 0.25) is 0 Å². The predicted molar refractivity (Wildman–Crippen MR) is 66.6 cm³/mol. The highest BCUT2D eigenvalue weighted by Gasteiger charge is 2.06. The topological polar surface area (TPSA) is 17.8 Å². The zero-order chi connectivity index (χ0) is 11.5. The van der Waals surface area contributed by atoms with Crippen LogP contribution in [-0.2, 0) is 6.54 Å². The molecule has 0 aromatic carbocycles. The first-order valence-electron chi connectivity index (χ1n) is 5.73. The second kappa shape index (κ2) is 4.52. The molecule has 0 atom stereocenters. The maximum absolute atomic E-state index is 4.34. The third-order valence-electron chi connectivity index (χ3n) is 2.81. The van der Waals surface area contributed by atoms with E-state index in [1.54, 1.807) is 0 Å². The third-order valence-corrected chi connectivity index (χ3v) is 2.81. The molecular formula is C14H18N2. The van der Waals surface area contributed by atoms with Crippen molar-refractivity contribution in [1.82, 2.24) is 9.55 Å². The second-order valence-electron chi connectivity index (χ2n) is 4.54. The lowest BCUT2D eigenvalue weighted by Gasteiger charge is -2.03. The highest BCUT2D eigenvalue weighted by Crippen LogP contribution is 2.20. The summed E-state index contributed by atoms with van der Waals surface area (Å²) in [7, 11) is 0. The molecule has 0 amide bonds. The standard InChI is InChI=1S/C14H18N2/c1-11(2)14-10-16(8-12(14)3)9-13-6-4-5-7-15-13/h4-8,10-11H,9H2,1-3H3. The Morgan fingerprint density at radius 1 is 1.25 bits per heavy atom. The fourth-order valence-electron chi connectivity index (χ4n) is 2.02. The Morgan fingerprint density at radius 2 is 2.06 bits per heavy atom. The van der Waals surface area contributed by atoms with Gasteiger partial charge < -0.3 is 4.57 Å². The van der Waals surface area contributed by atoms with Gasteiger partial charge in [-0.2, -0.15) is 0 Å². The van der Waals surface area contributed by atoms with Crippen LogP contribution in [0.1, 0.15) is 36.6 Å². The molecule has 0 N–H and O–H groups in total. The van der Waals surface area contributed by atoms with Crippen LogP contribution in [0.4, 0.5) is 0 Å². The summed E-state index contributed by atoms with van der Waals surface area (Å²) >= 11 is 0.